The average Bonchev–Trinajstić information content (AvgIpc) is 2.37. The highest BCUT2D eigenvalue weighted by molar-refractivity contribution is 7.90. The Hall–Kier alpha value is -1.37. The average molecular weight is 314 g/mol. The topological polar surface area (TPSA) is 84.0 Å². The lowest BCUT2D eigenvalue weighted by molar-refractivity contribution is 0.598. The first-order valence-corrected chi connectivity index (χ1v) is 9.38. The molecule has 0 aliphatic rings. The summed E-state index contributed by atoms with van der Waals surface area (Å²) < 4.78 is 22.7. The molecule has 1 unspecified atom stereocenters. The SMILES string of the molecule is CCCNc1nc(CC)nc(NC(C)CS(C)(=O)=O)c1C. The summed E-state index contributed by atoms with van der Waals surface area (Å²) in [6, 6.07) is -0.197. The van der Waals surface area contributed by atoms with Crippen LogP contribution < -0.4 is 10.6 Å². The Labute approximate surface area is 127 Å². The third kappa shape index (κ3) is 5.87. The molecule has 0 bridgehead atoms. The standard InChI is InChI=1S/C14H26N4O2S/c1-6-8-15-13-11(4)14(18-12(7-2)17-13)16-10(3)9-21(5,19)20/h10H,6-9H2,1-5H3,(H2,15,16,17,18). The molecule has 0 aliphatic carbocycles. The van der Waals surface area contributed by atoms with Gasteiger partial charge in [-0.15, -0.1) is 0 Å². The van der Waals surface area contributed by atoms with E-state index in [-0.39, 0.29) is 11.8 Å². The van der Waals surface area contributed by atoms with Crippen molar-refractivity contribution in [2.75, 3.05) is 29.2 Å². The van der Waals surface area contributed by atoms with Crippen molar-refractivity contribution in [1.29, 1.82) is 0 Å². The van der Waals surface area contributed by atoms with Crippen molar-refractivity contribution < 1.29 is 8.42 Å². The van der Waals surface area contributed by atoms with Gasteiger partial charge in [0.2, 0.25) is 0 Å². The number of hydrogen-bond donors (Lipinski definition) is 2. The van der Waals surface area contributed by atoms with Crippen molar-refractivity contribution in [1.82, 2.24) is 9.97 Å². The van der Waals surface area contributed by atoms with Gasteiger partial charge in [0.25, 0.3) is 0 Å². The minimum absolute atomic E-state index is 0.0790. The van der Waals surface area contributed by atoms with Gasteiger partial charge in [-0.1, -0.05) is 13.8 Å². The molecule has 0 saturated carbocycles. The normalized spacial score (nSPS) is 13.0. The molecule has 0 spiro atoms. The van der Waals surface area contributed by atoms with Gasteiger partial charge in [-0.2, -0.15) is 0 Å². The summed E-state index contributed by atoms with van der Waals surface area (Å²) in [6.45, 7) is 8.72. The van der Waals surface area contributed by atoms with Gasteiger partial charge >= 0.3 is 0 Å². The van der Waals surface area contributed by atoms with E-state index >= 15 is 0 Å². The second-order valence-electron chi connectivity index (χ2n) is 5.38. The zero-order valence-corrected chi connectivity index (χ0v) is 14.3. The molecule has 2 N–H and O–H groups in total. The van der Waals surface area contributed by atoms with E-state index in [1.54, 1.807) is 0 Å². The molecule has 1 atom stereocenters. The maximum atomic E-state index is 11.4. The Balaban J connectivity index is 2.99. The molecule has 120 valence electrons. The van der Waals surface area contributed by atoms with Gasteiger partial charge in [0.05, 0.1) is 5.75 Å². The van der Waals surface area contributed by atoms with Gasteiger partial charge in [0.1, 0.15) is 27.3 Å². The summed E-state index contributed by atoms with van der Waals surface area (Å²) in [7, 11) is -3.02. The van der Waals surface area contributed by atoms with Crippen molar-refractivity contribution in [3.63, 3.8) is 0 Å². The summed E-state index contributed by atoms with van der Waals surface area (Å²) in [4.78, 5) is 8.96. The first-order valence-electron chi connectivity index (χ1n) is 7.32. The van der Waals surface area contributed by atoms with Gasteiger partial charge in [0.15, 0.2) is 0 Å². The molecule has 0 radical (unpaired) electrons. The van der Waals surface area contributed by atoms with Crippen LogP contribution in [0.3, 0.4) is 0 Å². The maximum absolute atomic E-state index is 11.4. The van der Waals surface area contributed by atoms with E-state index in [1.807, 2.05) is 20.8 Å². The molecule has 0 fully saturated rings. The zero-order valence-electron chi connectivity index (χ0n) is 13.5. The summed E-state index contributed by atoms with van der Waals surface area (Å²) in [5.41, 5.74) is 0.918. The predicted octanol–water partition coefficient (Wildman–Crippen LogP) is 2.01. The van der Waals surface area contributed by atoms with E-state index in [0.717, 1.165) is 36.6 Å². The molecule has 21 heavy (non-hydrogen) atoms. The largest absolute Gasteiger partial charge is 0.370 e. The number of nitrogens with one attached hydrogen (secondary N) is 2. The minimum Gasteiger partial charge on any atom is -0.370 e. The number of aromatic nitrogens is 2. The Morgan fingerprint density at radius 3 is 2.33 bits per heavy atom. The highest BCUT2D eigenvalue weighted by Gasteiger charge is 2.15. The van der Waals surface area contributed by atoms with Gasteiger partial charge in [0, 0.05) is 30.8 Å². The second-order valence-corrected chi connectivity index (χ2v) is 7.57. The Kier molecular flexibility index (Phi) is 6.39. The molecule has 1 aromatic heterocycles. The lowest BCUT2D eigenvalue weighted by Gasteiger charge is -2.18. The zero-order chi connectivity index (χ0) is 16.0. The van der Waals surface area contributed by atoms with Gasteiger partial charge in [-0.3, -0.25) is 0 Å². The van der Waals surface area contributed by atoms with Crippen LogP contribution in [0.2, 0.25) is 0 Å². The summed E-state index contributed by atoms with van der Waals surface area (Å²) in [5.74, 6) is 2.35. The molecule has 7 heteroatoms. The number of nitrogens with zero attached hydrogens (tertiary/aromatic N) is 2. The van der Waals surface area contributed by atoms with Crippen molar-refractivity contribution in [3.8, 4) is 0 Å². The van der Waals surface area contributed by atoms with Crippen molar-refractivity contribution >= 4 is 21.5 Å². The molecule has 1 aromatic rings. The van der Waals surface area contributed by atoms with Gasteiger partial charge in [-0.05, 0) is 20.3 Å². The maximum Gasteiger partial charge on any atom is 0.149 e. The minimum atomic E-state index is -3.02. The van der Waals surface area contributed by atoms with E-state index in [2.05, 4.69) is 27.5 Å². The van der Waals surface area contributed by atoms with E-state index in [1.165, 1.54) is 6.26 Å². The first-order chi connectivity index (χ1) is 9.76. The molecule has 0 aliphatic heterocycles. The second kappa shape index (κ2) is 7.59. The third-order valence-electron chi connectivity index (χ3n) is 2.99. The van der Waals surface area contributed by atoms with Crippen LogP contribution in [-0.2, 0) is 16.3 Å². The van der Waals surface area contributed by atoms with E-state index in [9.17, 15) is 8.42 Å². The molecule has 0 amide bonds. The van der Waals surface area contributed by atoms with Crippen LogP contribution in [0.5, 0.6) is 0 Å². The van der Waals surface area contributed by atoms with Crippen LogP contribution in [0, 0.1) is 6.92 Å². The van der Waals surface area contributed by atoms with Crippen LogP contribution in [-0.4, -0.2) is 43.0 Å². The summed E-state index contributed by atoms with van der Waals surface area (Å²) in [5, 5.41) is 6.48. The fourth-order valence-corrected chi connectivity index (χ4v) is 3.00. The highest BCUT2D eigenvalue weighted by Crippen LogP contribution is 2.21. The lowest BCUT2D eigenvalue weighted by Crippen LogP contribution is -2.26. The van der Waals surface area contributed by atoms with Crippen molar-refractivity contribution in [2.24, 2.45) is 0 Å². The van der Waals surface area contributed by atoms with Gasteiger partial charge < -0.3 is 10.6 Å². The van der Waals surface area contributed by atoms with Crippen molar-refractivity contribution in [3.05, 3.63) is 11.4 Å². The highest BCUT2D eigenvalue weighted by atomic mass is 32.2. The fraction of sp³-hybridized carbons (Fsp3) is 0.714. The van der Waals surface area contributed by atoms with Crippen LogP contribution in [0.1, 0.15) is 38.6 Å². The monoisotopic (exact) mass is 314 g/mol. The number of hydrogen-bond acceptors (Lipinski definition) is 6. The molecule has 0 saturated heterocycles. The van der Waals surface area contributed by atoms with E-state index in [0.29, 0.717) is 5.82 Å². The van der Waals surface area contributed by atoms with Crippen LogP contribution in [0.15, 0.2) is 0 Å². The van der Waals surface area contributed by atoms with Gasteiger partial charge in [-0.25, -0.2) is 18.4 Å². The number of anilines is 2. The van der Waals surface area contributed by atoms with Crippen molar-refractivity contribution in [2.45, 2.75) is 46.6 Å². The summed E-state index contributed by atoms with van der Waals surface area (Å²) in [6.07, 6.45) is 2.98. The molecule has 0 aromatic carbocycles. The first kappa shape index (κ1) is 17.7. The Bertz CT molecular complexity index is 573. The molecule has 1 rings (SSSR count). The Morgan fingerprint density at radius 1 is 1.19 bits per heavy atom. The lowest BCUT2D eigenvalue weighted by atomic mass is 10.2. The van der Waals surface area contributed by atoms with E-state index in [4.69, 9.17) is 0 Å². The summed E-state index contributed by atoms with van der Waals surface area (Å²) >= 11 is 0. The number of rotatable bonds is 8. The smallest absolute Gasteiger partial charge is 0.149 e. The Morgan fingerprint density at radius 2 is 1.81 bits per heavy atom. The third-order valence-corrected chi connectivity index (χ3v) is 4.09. The number of sulfone groups is 1. The van der Waals surface area contributed by atoms with E-state index < -0.39 is 9.84 Å². The van der Waals surface area contributed by atoms with Crippen LogP contribution in [0.4, 0.5) is 11.6 Å². The number of aryl methyl sites for hydroxylation is 1. The van der Waals surface area contributed by atoms with Crippen LogP contribution in [0.25, 0.3) is 0 Å². The molecular formula is C14H26N4O2S. The molecule has 6 nitrogen and oxygen atoms in total. The quantitative estimate of drug-likeness (QED) is 0.763. The van der Waals surface area contributed by atoms with Crippen LogP contribution >= 0.6 is 0 Å². The predicted molar refractivity (Wildman–Crippen MR) is 87.7 cm³/mol. The molecular weight excluding hydrogens is 288 g/mol. The molecule has 1 heterocycles. The fourth-order valence-electron chi connectivity index (χ4n) is 2.01.